The Morgan fingerprint density at radius 1 is 1.73 bits per heavy atom. The van der Waals surface area contributed by atoms with Crippen LogP contribution in [0.5, 0.6) is 0 Å². The number of rotatable bonds is 7. The van der Waals surface area contributed by atoms with Crippen LogP contribution in [0.3, 0.4) is 0 Å². The van der Waals surface area contributed by atoms with Gasteiger partial charge in [-0.1, -0.05) is 13.5 Å². The van der Waals surface area contributed by atoms with Gasteiger partial charge in [-0.3, -0.25) is 0 Å². The van der Waals surface area contributed by atoms with Crippen molar-refractivity contribution >= 4 is 18.0 Å². The Kier molecular flexibility index (Phi) is 5.50. The zero-order chi connectivity index (χ0) is 11.1. The number of nitrogens with one attached hydrogen (secondary N) is 1. The molecule has 0 aromatic carbocycles. The van der Waals surface area contributed by atoms with Crippen LogP contribution in [0.1, 0.15) is 18.9 Å². The molecule has 0 amide bonds. The van der Waals surface area contributed by atoms with Crippen molar-refractivity contribution in [3.05, 3.63) is 24.5 Å². The average molecular weight is 225 g/mol. The SMILES string of the molecule is C=Cn1cc(CNC(CC)CSC)cn1. The minimum Gasteiger partial charge on any atom is -0.309 e. The predicted molar refractivity (Wildman–Crippen MR) is 67.9 cm³/mol. The van der Waals surface area contributed by atoms with Crippen molar-refractivity contribution in [2.24, 2.45) is 0 Å². The molecule has 1 unspecified atom stereocenters. The molecule has 15 heavy (non-hydrogen) atoms. The minimum absolute atomic E-state index is 0.590. The summed E-state index contributed by atoms with van der Waals surface area (Å²) < 4.78 is 1.73. The molecule has 1 N–H and O–H groups in total. The molecule has 1 aromatic heterocycles. The third-order valence-electron chi connectivity index (χ3n) is 2.30. The fourth-order valence-corrected chi connectivity index (χ4v) is 2.11. The molecule has 0 saturated heterocycles. The minimum atomic E-state index is 0.590. The molecule has 3 nitrogen and oxygen atoms in total. The zero-order valence-electron chi connectivity index (χ0n) is 9.44. The molecule has 0 aliphatic rings. The van der Waals surface area contributed by atoms with Crippen LogP contribution in [-0.2, 0) is 6.54 Å². The van der Waals surface area contributed by atoms with Crippen LogP contribution in [0.4, 0.5) is 0 Å². The van der Waals surface area contributed by atoms with E-state index in [-0.39, 0.29) is 0 Å². The highest BCUT2D eigenvalue weighted by Gasteiger charge is 2.04. The molecule has 0 aliphatic carbocycles. The maximum atomic E-state index is 4.14. The van der Waals surface area contributed by atoms with Gasteiger partial charge in [-0.2, -0.15) is 16.9 Å². The Labute approximate surface area is 95.9 Å². The second-order valence-electron chi connectivity index (χ2n) is 3.45. The van der Waals surface area contributed by atoms with Gasteiger partial charge in [-0.05, 0) is 12.7 Å². The van der Waals surface area contributed by atoms with Crippen LogP contribution in [0.25, 0.3) is 6.20 Å². The first-order valence-electron chi connectivity index (χ1n) is 5.18. The van der Waals surface area contributed by atoms with E-state index in [2.05, 4.69) is 30.2 Å². The molecule has 0 aliphatic heterocycles. The van der Waals surface area contributed by atoms with E-state index < -0.39 is 0 Å². The van der Waals surface area contributed by atoms with Crippen LogP contribution >= 0.6 is 11.8 Å². The summed E-state index contributed by atoms with van der Waals surface area (Å²) >= 11 is 1.88. The van der Waals surface area contributed by atoms with Gasteiger partial charge >= 0.3 is 0 Å². The van der Waals surface area contributed by atoms with Crippen molar-refractivity contribution in [2.45, 2.75) is 25.9 Å². The number of nitrogens with zero attached hydrogens (tertiary/aromatic N) is 2. The van der Waals surface area contributed by atoms with Crippen LogP contribution in [-0.4, -0.2) is 27.8 Å². The number of aromatic nitrogens is 2. The van der Waals surface area contributed by atoms with Gasteiger partial charge in [-0.15, -0.1) is 0 Å². The number of hydrogen-bond acceptors (Lipinski definition) is 3. The monoisotopic (exact) mass is 225 g/mol. The summed E-state index contributed by atoms with van der Waals surface area (Å²) in [6, 6.07) is 0.590. The van der Waals surface area contributed by atoms with E-state index in [0.29, 0.717) is 6.04 Å². The molecular formula is C11H19N3S. The smallest absolute Gasteiger partial charge is 0.0538 e. The van der Waals surface area contributed by atoms with Crippen molar-refractivity contribution in [1.82, 2.24) is 15.1 Å². The molecule has 0 spiro atoms. The number of hydrogen-bond donors (Lipinski definition) is 1. The zero-order valence-corrected chi connectivity index (χ0v) is 10.3. The summed E-state index contributed by atoms with van der Waals surface area (Å²) in [7, 11) is 0. The molecule has 0 radical (unpaired) electrons. The molecule has 1 rings (SSSR count). The molecule has 0 bridgehead atoms. The molecule has 84 valence electrons. The fourth-order valence-electron chi connectivity index (χ4n) is 1.35. The van der Waals surface area contributed by atoms with Crippen molar-refractivity contribution in [2.75, 3.05) is 12.0 Å². The molecular weight excluding hydrogens is 206 g/mol. The van der Waals surface area contributed by atoms with E-state index in [4.69, 9.17) is 0 Å². The van der Waals surface area contributed by atoms with Crippen LogP contribution in [0, 0.1) is 0 Å². The highest BCUT2D eigenvalue weighted by Crippen LogP contribution is 2.03. The van der Waals surface area contributed by atoms with Crippen LogP contribution in [0.2, 0.25) is 0 Å². The van der Waals surface area contributed by atoms with Gasteiger partial charge in [0.05, 0.1) is 6.20 Å². The molecule has 4 heteroatoms. The van der Waals surface area contributed by atoms with E-state index in [0.717, 1.165) is 18.7 Å². The van der Waals surface area contributed by atoms with Crippen LogP contribution < -0.4 is 5.32 Å². The van der Waals surface area contributed by atoms with E-state index >= 15 is 0 Å². The lowest BCUT2D eigenvalue weighted by Gasteiger charge is -2.14. The predicted octanol–water partition coefficient (Wildman–Crippen LogP) is 2.21. The Morgan fingerprint density at radius 2 is 2.53 bits per heavy atom. The normalized spacial score (nSPS) is 12.7. The Hall–Kier alpha value is -0.740. The summed E-state index contributed by atoms with van der Waals surface area (Å²) in [5.74, 6) is 1.16. The maximum Gasteiger partial charge on any atom is 0.0538 e. The van der Waals surface area contributed by atoms with Gasteiger partial charge in [0.1, 0.15) is 0 Å². The molecule has 1 heterocycles. The summed E-state index contributed by atoms with van der Waals surface area (Å²) in [6.45, 7) is 6.75. The lowest BCUT2D eigenvalue weighted by atomic mass is 10.2. The van der Waals surface area contributed by atoms with Gasteiger partial charge in [-0.25, -0.2) is 4.68 Å². The lowest BCUT2D eigenvalue weighted by molar-refractivity contribution is 0.541. The largest absolute Gasteiger partial charge is 0.309 e. The molecule has 1 atom stereocenters. The van der Waals surface area contributed by atoms with E-state index in [1.807, 2.05) is 24.2 Å². The molecule has 0 fully saturated rings. The summed E-state index contributed by atoms with van der Waals surface area (Å²) in [4.78, 5) is 0. The van der Waals surface area contributed by atoms with E-state index in [9.17, 15) is 0 Å². The second kappa shape index (κ2) is 6.69. The first-order valence-corrected chi connectivity index (χ1v) is 6.57. The second-order valence-corrected chi connectivity index (χ2v) is 4.36. The molecule has 1 aromatic rings. The van der Waals surface area contributed by atoms with Gasteiger partial charge in [0, 0.05) is 36.3 Å². The third kappa shape index (κ3) is 4.10. The standard InChI is InChI=1S/C11H19N3S/c1-4-11(9-15-3)12-6-10-7-13-14(5-2)8-10/h5,7-8,11-12H,2,4,6,9H2,1,3H3. The summed E-state index contributed by atoms with van der Waals surface area (Å²) in [5.41, 5.74) is 1.20. The summed E-state index contributed by atoms with van der Waals surface area (Å²) in [5, 5.41) is 7.65. The lowest BCUT2D eigenvalue weighted by Crippen LogP contribution is -2.29. The van der Waals surface area contributed by atoms with Crippen molar-refractivity contribution in [1.29, 1.82) is 0 Å². The Bertz CT molecular complexity index is 296. The topological polar surface area (TPSA) is 29.9 Å². The number of thioether (sulfide) groups is 1. The third-order valence-corrected chi connectivity index (χ3v) is 3.03. The first kappa shape index (κ1) is 12.3. The Balaban J connectivity index is 2.37. The molecule has 0 saturated carbocycles. The van der Waals surface area contributed by atoms with Gasteiger partial charge in [0.25, 0.3) is 0 Å². The highest BCUT2D eigenvalue weighted by molar-refractivity contribution is 7.98. The Morgan fingerprint density at radius 3 is 3.07 bits per heavy atom. The van der Waals surface area contributed by atoms with E-state index in [1.165, 1.54) is 5.56 Å². The maximum absolute atomic E-state index is 4.14. The van der Waals surface area contributed by atoms with Crippen LogP contribution in [0.15, 0.2) is 19.0 Å². The first-order chi connectivity index (χ1) is 7.30. The van der Waals surface area contributed by atoms with Crippen molar-refractivity contribution in [3.63, 3.8) is 0 Å². The quantitative estimate of drug-likeness (QED) is 0.771. The highest BCUT2D eigenvalue weighted by atomic mass is 32.2. The van der Waals surface area contributed by atoms with Gasteiger partial charge in [0.15, 0.2) is 0 Å². The van der Waals surface area contributed by atoms with Gasteiger partial charge < -0.3 is 5.32 Å². The summed E-state index contributed by atoms with van der Waals surface area (Å²) in [6.07, 6.45) is 8.87. The van der Waals surface area contributed by atoms with Gasteiger partial charge in [0.2, 0.25) is 0 Å². The average Bonchev–Trinajstić information content (AvgIpc) is 2.72. The van der Waals surface area contributed by atoms with Crippen molar-refractivity contribution in [3.8, 4) is 0 Å². The van der Waals surface area contributed by atoms with E-state index in [1.54, 1.807) is 10.9 Å². The van der Waals surface area contributed by atoms with Crippen molar-refractivity contribution < 1.29 is 0 Å². The fraction of sp³-hybridized carbons (Fsp3) is 0.545.